The van der Waals surface area contributed by atoms with Gasteiger partial charge in [0.1, 0.15) is 0 Å². The molecule has 0 aliphatic carbocycles. The predicted molar refractivity (Wildman–Crippen MR) is 96.9 cm³/mol. The van der Waals surface area contributed by atoms with E-state index in [9.17, 15) is 0 Å². The molecule has 0 saturated carbocycles. The van der Waals surface area contributed by atoms with Crippen LogP contribution in [-0.2, 0) is 0 Å². The third-order valence-electron chi connectivity index (χ3n) is 5.01. The van der Waals surface area contributed by atoms with E-state index in [0.717, 1.165) is 6.67 Å². The smallest absolute Gasteiger partial charge is 0.255 e. The van der Waals surface area contributed by atoms with Crippen LogP contribution in [0.2, 0.25) is 19.4 Å². The lowest BCUT2D eigenvalue weighted by Gasteiger charge is -2.51. The third kappa shape index (κ3) is 2.94. The molecule has 2 aromatic rings. The lowest BCUT2D eigenvalue weighted by atomic mass is 9.25. The maximum absolute atomic E-state index is 4.21. The first-order valence-corrected chi connectivity index (χ1v) is 8.21. The van der Waals surface area contributed by atoms with E-state index in [-0.39, 0.29) is 5.41 Å². The first-order chi connectivity index (χ1) is 10.9. The van der Waals surface area contributed by atoms with Gasteiger partial charge in [0, 0.05) is 5.69 Å². The molecular weight excluding hydrogens is 286 g/mol. The van der Waals surface area contributed by atoms with Crippen molar-refractivity contribution in [3.8, 4) is 0 Å². The van der Waals surface area contributed by atoms with Crippen LogP contribution in [0.5, 0.6) is 0 Å². The molecule has 1 aliphatic rings. The Labute approximate surface area is 138 Å². The van der Waals surface area contributed by atoms with E-state index in [0.29, 0.717) is 25.4 Å². The molecule has 0 amide bonds. The van der Waals surface area contributed by atoms with Gasteiger partial charge < -0.3 is 9.62 Å². The van der Waals surface area contributed by atoms with E-state index in [1.54, 1.807) is 0 Å². The van der Waals surface area contributed by atoms with Crippen LogP contribution in [0.1, 0.15) is 20.8 Å². The Morgan fingerprint density at radius 1 is 1.09 bits per heavy atom. The molecule has 2 heterocycles. The lowest BCUT2D eigenvalue weighted by molar-refractivity contribution is 0.427. The van der Waals surface area contributed by atoms with Gasteiger partial charge in [-0.25, -0.2) is 0 Å². The Balaban J connectivity index is 2.01. The lowest BCUT2D eigenvalue weighted by Crippen LogP contribution is -2.64. The van der Waals surface area contributed by atoms with Crippen molar-refractivity contribution in [1.29, 1.82) is 0 Å². The first kappa shape index (κ1) is 15.9. The monoisotopic (exact) mass is 310 g/mol. The van der Waals surface area contributed by atoms with Gasteiger partial charge in [0.05, 0.1) is 6.67 Å². The standard InChI is InChI=1S/C15H24B2N6/c1-15(2,3)13-16(4)22(12-9-7-6-8-10-12)11-23(17(13)5)14-18-20-21-19-14/h6-10,13H,11H2,1-5H3,(H,18,19,20,21). The molecule has 8 heteroatoms. The molecule has 1 aromatic heterocycles. The summed E-state index contributed by atoms with van der Waals surface area (Å²) in [5.41, 5.74) is 1.87. The normalized spacial score (nSPS) is 19.4. The van der Waals surface area contributed by atoms with Crippen molar-refractivity contribution in [1.82, 2.24) is 20.6 Å². The van der Waals surface area contributed by atoms with Gasteiger partial charge in [0.2, 0.25) is 0 Å². The highest BCUT2D eigenvalue weighted by atomic mass is 15.5. The fourth-order valence-corrected chi connectivity index (χ4v) is 4.12. The van der Waals surface area contributed by atoms with Crippen molar-refractivity contribution in [3.05, 3.63) is 30.3 Å². The Hall–Kier alpha value is -1.98. The highest BCUT2D eigenvalue weighted by Crippen LogP contribution is 2.42. The van der Waals surface area contributed by atoms with Crippen LogP contribution < -0.4 is 9.62 Å². The maximum atomic E-state index is 4.21. The number of aromatic nitrogens is 4. The molecule has 0 spiro atoms. The van der Waals surface area contributed by atoms with Gasteiger partial charge in [0.25, 0.3) is 19.6 Å². The quantitative estimate of drug-likeness (QED) is 0.864. The Bertz CT molecular complexity index is 627. The average molecular weight is 310 g/mol. The summed E-state index contributed by atoms with van der Waals surface area (Å²) in [6.45, 7) is 13.1. The van der Waals surface area contributed by atoms with Crippen molar-refractivity contribution in [2.75, 3.05) is 16.3 Å². The summed E-state index contributed by atoms with van der Waals surface area (Å²) < 4.78 is 0. The number of rotatable bonds is 2. The van der Waals surface area contributed by atoms with Crippen molar-refractivity contribution in [3.63, 3.8) is 0 Å². The molecule has 1 saturated heterocycles. The van der Waals surface area contributed by atoms with Crippen LogP contribution in [0.3, 0.4) is 0 Å². The van der Waals surface area contributed by atoms with E-state index in [4.69, 9.17) is 0 Å². The summed E-state index contributed by atoms with van der Waals surface area (Å²) in [7, 11) is 0. The van der Waals surface area contributed by atoms with Gasteiger partial charge in [0.15, 0.2) is 0 Å². The third-order valence-corrected chi connectivity index (χ3v) is 5.01. The highest BCUT2D eigenvalue weighted by molar-refractivity contribution is 6.84. The Kier molecular flexibility index (Phi) is 4.08. The van der Waals surface area contributed by atoms with Crippen LogP contribution >= 0.6 is 0 Å². The molecule has 3 rings (SSSR count). The largest absolute Gasteiger partial charge is 0.400 e. The summed E-state index contributed by atoms with van der Waals surface area (Å²) >= 11 is 0. The zero-order valence-corrected chi connectivity index (χ0v) is 14.6. The molecule has 1 aromatic carbocycles. The summed E-state index contributed by atoms with van der Waals surface area (Å²) in [5, 5.41) is 14.7. The van der Waals surface area contributed by atoms with Crippen molar-refractivity contribution >= 4 is 25.3 Å². The molecule has 1 unspecified atom stereocenters. The number of hydrogen-bond donors (Lipinski definition) is 1. The number of hydrogen-bond acceptors (Lipinski definition) is 5. The summed E-state index contributed by atoms with van der Waals surface area (Å²) in [5.74, 6) is 0.666. The van der Waals surface area contributed by atoms with E-state index >= 15 is 0 Å². The van der Waals surface area contributed by atoms with Crippen LogP contribution in [0.25, 0.3) is 0 Å². The topological polar surface area (TPSA) is 60.9 Å². The second-order valence-corrected chi connectivity index (χ2v) is 7.50. The Morgan fingerprint density at radius 3 is 2.30 bits per heavy atom. The zero-order chi connectivity index (χ0) is 16.6. The minimum atomic E-state index is 0.175. The second kappa shape index (κ2) is 5.91. The molecule has 120 valence electrons. The summed E-state index contributed by atoms with van der Waals surface area (Å²) in [6.07, 6.45) is 0. The van der Waals surface area contributed by atoms with Crippen molar-refractivity contribution < 1.29 is 0 Å². The van der Waals surface area contributed by atoms with E-state index in [1.807, 2.05) is 0 Å². The number of para-hydroxylation sites is 1. The van der Waals surface area contributed by atoms with Gasteiger partial charge >= 0.3 is 0 Å². The maximum Gasteiger partial charge on any atom is 0.255 e. The number of anilines is 2. The molecule has 0 radical (unpaired) electrons. The van der Waals surface area contributed by atoms with Crippen molar-refractivity contribution in [2.45, 2.75) is 40.1 Å². The zero-order valence-electron chi connectivity index (χ0n) is 14.6. The van der Waals surface area contributed by atoms with Gasteiger partial charge in [-0.1, -0.05) is 57.7 Å². The number of nitrogens with one attached hydrogen (secondary N) is 1. The van der Waals surface area contributed by atoms with Gasteiger partial charge in [-0.3, -0.25) is 0 Å². The molecule has 1 aliphatic heterocycles. The minimum Gasteiger partial charge on any atom is -0.400 e. The second-order valence-electron chi connectivity index (χ2n) is 7.50. The van der Waals surface area contributed by atoms with E-state index in [2.05, 4.69) is 95.0 Å². The first-order valence-electron chi connectivity index (χ1n) is 8.21. The number of H-pyrrole nitrogens is 1. The fourth-order valence-electron chi connectivity index (χ4n) is 4.12. The van der Waals surface area contributed by atoms with Crippen LogP contribution in [0, 0.1) is 5.41 Å². The Morgan fingerprint density at radius 2 is 1.74 bits per heavy atom. The van der Waals surface area contributed by atoms with E-state index < -0.39 is 0 Å². The average Bonchev–Trinajstić information content (AvgIpc) is 3.01. The van der Waals surface area contributed by atoms with Crippen LogP contribution in [0.15, 0.2) is 30.3 Å². The number of tetrazole rings is 1. The molecule has 0 bridgehead atoms. The minimum absolute atomic E-state index is 0.175. The number of nitrogens with zero attached hydrogens (tertiary/aromatic N) is 5. The van der Waals surface area contributed by atoms with Gasteiger partial charge in [-0.2, -0.15) is 5.21 Å². The SMILES string of the molecule is CB1C(C(C)(C)C)B(C)N(c2nn[nH]n2)CN1c1ccccc1. The number of aromatic amines is 1. The molecule has 1 N–H and O–H groups in total. The fraction of sp³-hybridized carbons (Fsp3) is 0.533. The van der Waals surface area contributed by atoms with Gasteiger partial charge in [-0.15, -0.1) is 5.10 Å². The molecular formula is C15H24B2N6. The van der Waals surface area contributed by atoms with Crippen LogP contribution in [0.4, 0.5) is 11.6 Å². The predicted octanol–water partition coefficient (Wildman–Crippen LogP) is 2.68. The molecule has 23 heavy (non-hydrogen) atoms. The molecule has 6 nitrogen and oxygen atoms in total. The van der Waals surface area contributed by atoms with Crippen LogP contribution in [-0.4, -0.2) is 41.0 Å². The summed E-state index contributed by atoms with van der Waals surface area (Å²) in [4.78, 5) is 4.68. The van der Waals surface area contributed by atoms with Crippen molar-refractivity contribution in [2.24, 2.45) is 5.41 Å². The van der Waals surface area contributed by atoms with E-state index in [1.165, 1.54) is 5.69 Å². The van der Waals surface area contributed by atoms with Gasteiger partial charge in [-0.05, 0) is 28.5 Å². The summed E-state index contributed by atoms with van der Waals surface area (Å²) in [6, 6.07) is 10.6. The molecule has 1 fully saturated rings. The number of benzene rings is 1. The highest BCUT2D eigenvalue weighted by Gasteiger charge is 2.49. The molecule has 1 atom stereocenters.